The molecular formula is C11H11ClF3NO3. The van der Waals surface area contributed by atoms with Crippen LogP contribution in [0.15, 0.2) is 18.2 Å². The largest absolute Gasteiger partial charge is 0.497 e. The zero-order chi connectivity index (χ0) is 14.6. The number of alkyl halides is 3. The number of carbonyl (C=O) groups is 1. The number of ether oxygens (including phenoxy) is 1. The number of carboxylic acids is 1. The van der Waals surface area contributed by atoms with Crippen LogP contribution in [0.4, 0.5) is 18.9 Å². The number of halogens is 4. The SMILES string of the molecule is COc1ccc(Cl)c(NCC(C(=O)O)C(F)(F)F)c1. The van der Waals surface area contributed by atoms with Gasteiger partial charge in [0.25, 0.3) is 0 Å². The van der Waals surface area contributed by atoms with E-state index >= 15 is 0 Å². The first-order valence-corrected chi connectivity index (χ1v) is 5.50. The van der Waals surface area contributed by atoms with Crippen molar-refractivity contribution in [3.05, 3.63) is 23.2 Å². The van der Waals surface area contributed by atoms with Crippen LogP contribution >= 0.6 is 11.6 Å². The molecule has 1 unspecified atom stereocenters. The fraction of sp³-hybridized carbons (Fsp3) is 0.364. The van der Waals surface area contributed by atoms with Crippen molar-refractivity contribution in [1.82, 2.24) is 0 Å². The zero-order valence-corrected chi connectivity index (χ0v) is 10.5. The van der Waals surface area contributed by atoms with Gasteiger partial charge in [-0.2, -0.15) is 13.2 Å². The predicted molar refractivity (Wildman–Crippen MR) is 63.7 cm³/mol. The van der Waals surface area contributed by atoms with Gasteiger partial charge in [0.1, 0.15) is 5.75 Å². The Balaban J connectivity index is 2.83. The second-order valence-electron chi connectivity index (χ2n) is 3.66. The van der Waals surface area contributed by atoms with Crippen molar-refractivity contribution in [2.45, 2.75) is 6.18 Å². The first-order valence-electron chi connectivity index (χ1n) is 5.12. The van der Waals surface area contributed by atoms with Gasteiger partial charge in [0.05, 0.1) is 17.8 Å². The molecule has 4 nitrogen and oxygen atoms in total. The van der Waals surface area contributed by atoms with E-state index in [2.05, 4.69) is 5.32 Å². The number of hydrogen-bond acceptors (Lipinski definition) is 3. The molecule has 0 saturated heterocycles. The van der Waals surface area contributed by atoms with Crippen LogP contribution < -0.4 is 10.1 Å². The highest BCUT2D eigenvalue weighted by Gasteiger charge is 2.44. The summed E-state index contributed by atoms with van der Waals surface area (Å²) in [4.78, 5) is 10.6. The van der Waals surface area contributed by atoms with Crippen molar-refractivity contribution in [2.75, 3.05) is 19.0 Å². The third-order valence-electron chi connectivity index (χ3n) is 2.36. The minimum absolute atomic E-state index is 0.173. The van der Waals surface area contributed by atoms with Gasteiger partial charge in [-0.1, -0.05) is 11.6 Å². The Bertz CT molecular complexity index is 465. The quantitative estimate of drug-likeness (QED) is 0.877. The lowest BCUT2D eigenvalue weighted by Crippen LogP contribution is -2.36. The summed E-state index contributed by atoms with van der Waals surface area (Å²) in [6.07, 6.45) is -4.83. The third kappa shape index (κ3) is 4.20. The van der Waals surface area contributed by atoms with Crippen molar-refractivity contribution in [2.24, 2.45) is 5.92 Å². The molecule has 106 valence electrons. The molecule has 0 bridgehead atoms. The molecule has 0 amide bonds. The molecule has 2 N–H and O–H groups in total. The van der Waals surface area contributed by atoms with E-state index in [1.165, 1.54) is 25.3 Å². The Labute approximate surface area is 112 Å². The van der Waals surface area contributed by atoms with E-state index in [0.717, 1.165) is 0 Å². The summed E-state index contributed by atoms with van der Waals surface area (Å²) in [5.41, 5.74) is 0.177. The standard InChI is InChI=1S/C11H11ClF3NO3/c1-19-6-2-3-8(12)9(4-6)16-5-7(10(17)18)11(13,14)15/h2-4,7,16H,5H2,1H3,(H,17,18). The first kappa shape index (κ1) is 15.4. The molecule has 1 aromatic rings. The van der Waals surface area contributed by atoms with E-state index < -0.39 is 24.6 Å². The van der Waals surface area contributed by atoms with Gasteiger partial charge in [-0.25, -0.2) is 0 Å². The van der Waals surface area contributed by atoms with E-state index in [9.17, 15) is 18.0 Å². The molecular weight excluding hydrogens is 287 g/mol. The molecule has 0 radical (unpaired) electrons. The molecule has 0 heterocycles. The van der Waals surface area contributed by atoms with E-state index in [4.69, 9.17) is 21.4 Å². The van der Waals surface area contributed by atoms with Crippen molar-refractivity contribution in [3.63, 3.8) is 0 Å². The van der Waals surface area contributed by atoms with Crippen molar-refractivity contribution in [1.29, 1.82) is 0 Å². The molecule has 1 rings (SSSR count). The van der Waals surface area contributed by atoms with Crippen LogP contribution in [0.5, 0.6) is 5.75 Å². The van der Waals surface area contributed by atoms with Gasteiger partial charge in [0.15, 0.2) is 5.92 Å². The maximum Gasteiger partial charge on any atom is 0.403 e. The maximum absolute atomic E-state index is 12.4. The average molecular weight is 298 g/mol. The molecule has 8 heteroatoms. The van der Waals surface area contributed by atoms with Gasteiger partial charge in [0, 0.05) is 12.6 Å². The lowest BCUT2D eigenvalue weighted by Gasteiger charge is -2.18. The smallest absolute Gasteiger partial charge is 0.403 e. The lowest BCUT2D eigenvalue weighted by atomic mass is 10.1. The van der Waals surface area contributed by atoms with E-state index in [1.54, 1.807) is 0 Å². The molecule has 0 aliphatic heterocycles. The third-order valence-corrected chi connectivity index (χ3v) is 2.69. The summed E-state index contributed by atoms with van der Waals surface area (Å²) in [5, 5.41) is 11.1. The van der Waals surface area contributed by atoms with Crippen LogP contribution in [0.1, 0.15) is 0 Å². The van der Waals surface area contributed by atoms with Crippen molar-refractivity contribution in [3.8, 4) is 5.75 Å². The summed E-state index contributed by atoms with van der Waals surface area (Å²) < 4.78 is 42.2. The number of methoxy groups -OCH3 is 1. The summed E-state index contributed by atoms with van der Waals surface area (Å²) in [7, 11) is 1.39. The summed E-state index contributed by atoms with van der Waals surface area (Å²) in [5.74, 6) is -4.06. The van der Waals surface area contributed by atoms with Crippen molar-refractivity contribution < 1.29 is 27.8 Å². The minimum Gasteiger partial charge on any atom is -0.497 e. The highest BCUT2D eigenvalue weighted by atomic mass is 35.5. The molecule has 0 saturated carbocycles. The Morgan fingerprint density at radius 1 is 1.53 bits per heavy atom. The number of anilines is 1. The number of carboxylic acid groups (broad SMARTS) is 1. The molecule has 0 spiro atoms. The number of rotatable bonds is 5. The average Bonchev–Trinajstić information content (AvgIpc) is 2.29. The maximum atomic E-state index is 12.4. The predicted octanol–water partition coefficient (Wildman–Crippen LogP) is 3.02. The molecule has 0 fully saturated rings. The van der Waals surface area contributed by atoms with Gasteiger partial charge < -0.3 is 15.2 Å². The van der Waals surface area contributed by atoms with Gasteiger partial charge in [-0.05, 0) is 12.1 Å². The van der Waals surface area contributed by atoms with Crippen LogP contribution in [0, 0.1) is 5.92 Å². The van der Waals surface area contributed by atoms with E-state index in [1.807, 2.05) is 0 Å². The summed E-state index contributed by atoms with van der Waals surface area (Å²) >= 11 is 5.78. The molecule has 0 aromatic heterocycles. The number of aliphatic carboxylic acids is 1. The Morgan fingerprint density at radius 2 is 2.16 bits per heavy atom. The number of nitrogens with one attached hydrogen (secondary N) is 1. The molecule has 1 aromatic carbocycles. The van der Waals surface area contributed by atoms with E-state index in [0.29, 0.717) is 5.75 Å². The summed E-state index contributed by atoms with van der Waals surface area (Å²) in [6.45, 7) is -0.814. The highest BCUT2D eigenvalue weighted by Crippen LogP contribution is 2.30. The Kier molecular flexibility index (Phi) is 4.88. The highest BCUT2D eigenvalue weighted by molar-refractivity contribution is 6.33. The molecule has 1 atom stereocenters. The number of benzene rings is 1. The van der Waals surface area contributed by atoms with Gasteiger partial charge in [-0.15, -0.1) is 0 Å². The fourth-order valence-corrected chi connectivity index (χ4v) is 1.51. The van der Waals surface area contributed by atoms with Gasteiger partial charge >= 0.3 is 12.1 Å². The van der Waals surface area contributed by atoms with Crippen LogP contribution in [0.3, 0.4) is 0 Å². The van der Waals surface area contributed by atoms with Crippen LogP contribution in [-0.2, 0) is 4.79 Å². The first-order chi connectivity index (χ1) is 8.75. The Morgan fingerprint density at radius 3 is 2.63 bits per heavy atom. The fourth-order valence-electron chi connectivity index (χ4n) is 1.32. The monoisotopic (exact) mass is 297 g/mol. The molecule has 0 aliphatic carbocycles. The minimum atomic E-state index is -4.83. The van der Waals surface area contributed by atoms with Gasteiger partial charge in [0.2, 0.25) is 0 Å². The van der Waals surface area contributed by atoms with E-state index in [-0.39, 0.29) is 10.7 Å². The van der Waals surface area contributed by atoms with Gasteiger partial charge in [-0.3, -0.25) is 4.79 Å². The second-order valence-corrected chi connectivity index (χ2v) is 4.07. The zero-order valence-electron chi connectivity index (χ0n) is 9.79. The second kappa shape index (κ2) is 6.01. The van der Waals surface area contributed by atoms with Crippen LogP contribution in [0.25, 0.3) is 0 Å². The molecule has 19 heavy (non-hydrogen) atoms. The van der Waals surface area contributed by atoms with Crippen molar-refractivity contribution >= 4 is 23.3 Å². The summed E-state index contributed by atoms with van der Waals surface area (Å²) in [6, 6.07) is 4.36. The number of hydrogen-bond donors (Lipinski definition) is 2. The van der Waals surface area contributed by atoms with Crippen LogP contribution in [0.2, 0.25) is 5.02 Å². The topological polar surface area (TPSA) is 58.6 Å². The Hall–Kier alpha value is -1.63. The van der Waals surface area contributed by atoms with Crippen LogP contribution in [-0.4, -0.2) is 30.9 Å². The molecule has 0 aliphatic rings. The lowest BCUT2D eigenvalue weighted by molar-refractivity contribution is -0.190. The normalized spacial score (nSPS) is 12.9.